The number of hydrogen-bond donors (Lipinski definition) is 2. The maximum Gasteiger partial charge on any atom is 0.295 e. The Morgan fingerprint density at radius 1 is 1.19 bits per heavy atom. The topological polar surface area (TPSA) is 82.6 Å². The van der Waals surface area contributed by atoms with Gasteiger partial charge in [-0.3, -0.25) is 9.59 Å². The Kier molecular flexibility index (Phi) is 4.87. The Bertz CT molecular complexity index is 1200. The third-order valence-electron chi connectivity index (χ3n) is 6.17. The number of ether oxygens (including phenoxy) is 1. The quantitative estimate of drug-likeness (QED) is 0.381. The number of fused-ring (bicyclic) bond motifs is 1. The van der Waals surface area contributed by atoms with Gasteiger partial charge in [0.1, 0.15) is 5.76 Å². The van der Waals surface area contributed by atoms with Crippen LogP contribution >= 0.6 is 0 Å². The molecule has 2 fully saturated rings. The van der Waals surface area contributed by atoms with Crippen molar-refractivity contribution in [3.05, 3.63) is 77.0 Å². The number of likely N-dealkylation sites (tertiary alicyclic amines) is 1. The van der Waals surface area contributed by atoms with Gasteiger partial charge in [-0.25, -0.2) is 0 Å². The van der Waals surface area contributed by atoms with Crippen molar-refractivity contribution in [2.75, 3.05) is 13.2 Å². The third kappa shape index (κ3) is 3.33. The number of Topliss-reactive ketones (excluding diaryl/α,β-unsaturated/α-hetero) is 1. The van der Waals surface area contributed by atoms with E-state index in [4.69, 9.17) is 4.74 Å². The van der Waals surface area contributed by atoms with Crippen LogP contribution in [-0.2, 0) is 14.3 Å². The van der Waals surface area contributed by atoms with Crippen molar-refractivity contribution in [1.29, 1.82) is 0 Å². The highest BCUT2D eigenvalue weighted by atomic mass is 16.5. The van der Waals surface area contributed by atoms with Crippen LogP contribution in [0.5, 0.6) is 0 Å². The number of aromatic nitrogens is 1. The molecule has 3 aromatic rings. The normalized spacial score (nSPS) is 23.2. The molecule has 2 atom stereocenters. The van der Waals surface area contributed by atoms with Gasteiger partial charge >= 0.3 is 0 Å². The predicted molar refractivity (Wildman–Crippen MR) is 117 cm³/mol. The van der Waals surface area contributed by atoms with Gasteiger partial charge in [0.05, 0.1) is 17.7 Å². The fourth-order valence-corrected chi connectivity index (χ4v) is 4.68. The summed E-state index contributed by atoms with van der Waals surface area (Å²) in [6, 6.07) is 14.6. The molecule has 0 bridgehead atoms. The summed E-state index contributed by atoms with van der Waals surface area (Å²) in [7, 11) is 0. The third-order valence-corrected chi connectivity index (χ3v) is 6.17. The minimum absolute atomic E-state index is 0.0985. The maximum absolute atomic E-state index is 13.2. The average molecular weight is 416 g/mol. The largest absolute Gasteiger partial charge is 0.507 e. The summed E-state index contributed by atoms with van der Waals surface area (Å²) in [5, 5.41) is 12.1. The van der Waals surface area contributed by atoms with Crippen molar-refractivity contribution in [2.45, 2.75) is 31.9 Å². The van der Waals surface area contributed by atoms with Crippen LogP contribution in [0.25, 0.3) is 16.7 Å². The lowest BCUT2D eigenvalue weighted by Gasteiger charge is -2.27. The molecule has 1 aromatic heterocycles. The molecule has 2 aromatic carbocycles. The van der Waals surface area contributed by atoms with E-state index in [2.05, 4.69) is 4.98 Å². The van der Waals surface area contributed by atoms with Crippen molar-refractivity contribution in [2.24, 2.45) is 0 Å². The van der Waals surface area contributed by atoms with Crippen LogP contribution in [-0.4, -0.2) is 45.9 Å². The number of aromatic amines is 1. The van der Waals surface area contributed by atoms with Gasteiger partial charge in [0.2, 0.25) is 0 Å². The van der Waals surface area contributed by atoms with E-state index in [-0.39, 0.29) is 17.4 Å². The number of aliphatic hydroxyl groups is 1. The maximum atomic E-state index is 13.2. The molecule has 6 nitrogen and oxygen atoms in total. The summed E-state index contributed by atoms with van der Waals surface area (Å²) < 4.78 is 5.74. The molecule has 0 spiro atoms. The highest BCUT2D eigenvalue weighted by Crippen LogP contribution is 2.41. The number of aliphatic hydroxyl groups excluding tert-OH is 1. The van der Waals surface area contributed by atoms with Crippen molar-refractivity contribution in [3.8, 4) is 0 Å². The second-order valence-corrected chi connectivity index (χ2v) is 8.25. The second-order valence-electron chi connectivity index (χ2n) is 8.25. The summed E-state index contributed by atoms with van der Waals surface area (Å²) in [5.41, 5.74) is 3.32. The summed E-state index contributed by atoms with van der Waals surface area (Å²) in [6.45, 7) is 2.96. The molecule has 2 aliphatic rings. The Labute approximate surface area is 180 Å². The molecule has 3 heterocycles. The number of nitrogens with zero attached hydrogens (tertiary/aromatic N) is 1. The number of hydrogen-bond acceptors (Lipinski definition) is 4. The molecule has 2 aliphatic heterocycles. The first-order valence-electron chi connectivity index (χ1n) is 10.6. The zero-order chi connectivity index (χ0) is 21.5. The van der Waals surface area contributed by atoms with Crippen LogP contribution in [0.4, 0.5) is 0 Å². The number of amides is 1. The first-order chi connectivity index (χ1) is 15.0. The van der Waals surface area contributed by atoms with Crippen molar-refractivity contribution >= 4 is 28.4 Å². The van der Waals surface area contributed by atoms with Crippen LogP contribution < -0.4 is 0 Å². The van der Waals surface area contributed by atoms with Gasteiger partial charge in [-0.2, -0.15) is 0 Å². The molecule has 0 radical (unpaired) electrons. The number of carbonyl (C=O) groups is 2. The Balaban J connectivity index is 1.67. The number of para-hydroxylation sites is 1. The molecule has 0 saturated carbocycles. The standard InChI is InChI=1S/C25H24N2O4/c1-15-6-4-7-16(12-15)22-21(23(28)19-13-26-20-10-3-2-9-18(19)20)24(29)25(30)27(22)14-17-8-5-11-31-17/h2-4,6-7,9-10,12-13,17,22,26,28H,5,8,11,14H2,1H3/b23-21-. The highest BCUT2D eigenvalue weighted by Gasteiger charge is 2.47. The molecule has 6 heteroatoms. The number of H-pyrrole nitrogens is 1. The van der Waals surface area contributed by atoms with Crippen molar-refractivity contribution < 1.29 is 19.4 Å². The lowest BCUT2D eigenvalue weighted by Crippen LogP contribution is -2.36. The molecular weight excluding hydrogens is 392 g/mol. The predicted octanol–water partition coefficient (Wildman–Crippen LogP) is 4.08. The van der Waals surface area contributed by atoms with E-state index < -0.39 is 17.7 Å². The van der Waals surface area contributed by atoms with E-state index in [0.717, 1.165) is 34.9 Å². The van der Waals surface area contributed by atoms with Crippen molar-refractivity contribution in [1.82, 2.24) is 9.88 Å². The second kappa shape index (κ2) is 7.71. The molecule has 31 heavy (non-hydrogen) atoms. The van der Waals surface area contributed by atoms with Gasteiger partial charge in [0.15, 0.2) is 0 Å². The van der Waals surface area contributed by atoms with E-state index in [1.165, 1.54) is 0 Å². The highest BCUT2D eigenvalue weighted by molar-refractivity contribution is 6.46. The summed E-state index contributed by atoms with van der Waals surface area (Å²) in [4.78, 5) is 30.9. The number of ketones is 1. The molecule has 5 rings (SSSR count). The molecule has 2 unspecified atom stereocenters. The average Bonchev–Trinajstić information content (AvgIpc) is 3.49. The number of benzene rings is 2. The lowest BCUT2D eigenvalue weighted by molar-refractivity contribution is -0.140. The van der Waals surface area contributed by atoms with Gasteiger partial charge in [-0.15, -0.1) is 0 Å². The monoisotopic (exact) mass is 416 g/mol. The molecule has 2 N–H and O–H groups in total. The van der Waals surface area contributed by atoms with Gasteiger partial charge in [-0.1, -0.05) is 48.0 Å². The molecular formula is C25H24N2O4. The Morgan fingerprint density at radius 3 is 2.81 bits per heavy atom. The van der Waals surface area contributed by atoms with Crippen LogP contribution in [0, 0.1) is 6.92 Å². The fourth-order valence-electron chi connectivity index (χ4n) is 4.68. The fraction of sp³-hybridized carbons (Fsp3) is 0.280. The first-order valence-corrected chi connectivity index (χ1v) is 10.6. The number of rotatable bonds is 4. The van der Waals surface area contributed by atoms with Gasteiger partial charge in [-0.05, 0) is 31.4 Å². The van der Waals surface area contributed by atoms with Crippen LogP contribution in [0.3, 0.4) is 0 Å². The van der Waals surface area contributed by atoms with Gasteiger partial charge < -0.3 is 19.7 Å². The van der Waals surface area contributed by atoms with Crippen LogP contribution in [0.1, 0.15) is 35.6 Å². The van der Waals surface area contributed by atoms with Crippen molar-refractivity contribution in [3.63, 3.8) is 0 Å². The number of carbonyl (C=O) groups excluding carboxylic acids is 2. The zero-order valence-corrected chi connectivity index (χ0v) is 17.3. The minimum Gasteiger partial charge on any atom is -0.507 e. The zero-order valence-electron chi connectivity index (χ0n) is 17.3. The molecule has 158 valence electrons. The minimum atomic E-state index is -0.660. The van der Waals surface area contributed by atoms with E-state index in [1.807, 2.05) is 55.5 Å². The first kappa shape index (κ1) is 19.6. The summed E-state index contributed by atoms with van der Waals surface area (Å²) in [5.74, 6) is -1.41. The summed E-state index contributed by atoms with van der Waals surface area (Å²) in [6.07, 6.45) is 3.38. The molecule has 0 aliphatic carbocycles. The lowest BCUT2D eigenvalue weighted by atomic mass is 9.94. The number of nitrogens with one attached hydrogen (secondary N) is 1. The van der Waals surface area contributed by atoms with Crippen LogP contribution in [0.2, 0.25) is 0 Å². The van der Waals surface area contributed by atoms with Gasteiger partial charge in [0, 0.05) is 35.8 Å². The van der Waals surface area contributed by atoms with Crippen LogP contribution in [0.15, 0.2) is 60.3 Å². The number of aryl methyl sites for hydroxylation is 1. The molecule has 1 amide bonds. The smallest absolute Gasteiger partial charge is 0.295 e. The van der Waals surface area contributed by atoms with Gasteiger partial charge in [0.25, 0.3) is 11.7 Å². The van der Waals surface area contributed by atoms with E-state index in [9.17, 15) is 14.7 Å². The van der Waals surface area contributed by atoms with E-state index >= 15 is 0 Å². The van der Waals surface area contributed by atoms with E-state index in [0.29, 0.717) is 18.7 Å². The summed E-state index contributed by atoms with van der Waals surface area (Å²) >= 11 is 0. The van der Waals surface area contributed by atoms with E-state index in [1.54, 1.807) is 11.1 Å². The molecule has 2 saturated heterocycles. The Morgan fingerprint density at radius 2 is 2.03 bits per heavy atom. The SMILES string of the molecule is Cc1cccc(C2/C(=C(/O)c3c[nH]c4ccccc34)C(=O)C(=O)N2CC2CCCO2)c1. The Hall–Kier alpha value is -3.38.